The second kappa shape index (κ2) is 8.75. The number of hydrogen-bond donors (Lipinski definition) is 1. The molecule has 0 heterocycles. The molecule has 0 fully saturated rings. The molecule has 0 amide bonds. The van der Waals surface area contributed by atoms with Gasteiger partial charge in [-0.15, -0.1) is 0 Å². The summed E-state index contributed by atoms with van der Waals surface area (Å²) in [5.41, 5.74) is 2.76. The number of halogens is 1. The van der Waals surface area contributed by atoms with E-state index in [-0.39, 0.29) is 12.2 Å². The van der Waals surface area contributed by atoms with E-state index in [1.165, 1.54) is 24.3 Å². The van der Waals surface area contributed by atoms with Crippen molar-refractivity contribution in [3.05, 3.63) is 65.2 Å². The summed E-state index contributed by atoms with van der Waals surface area (Å²) >= 11 is 5.80. The first-order valence-corrected chi connectivity index (χ1v) is 7.81. The molecule has 0 aliphatic heterocycles. The molecule has 0 aromatic heterocycles. The van der Waals surface area contributed by atoms with Crippen LogP contribution in [0.1, 0.15) is 17.3 Å². The van der Waals surface area contributed by atoms with Crippen molar-refractivity contribution in [3.63, 3.8) is 0 Å². The number of hydrazone groups is 1. The highest BCUT2D eigenvalue weighted by Gasteiger charge is 2.29. The zero-order valence-electron chi connectivity index (χ0n) is 13.4. The van der Waals surface area contributed by atoms with E-state index in [9.17, 15) is 14.4 Å². The van der Waals surface area contributed by atoms with Crippen molar-refractivity contribution < 1.29 is 19.1 Å². The highest BCUT2D eigenvalue weighted by atomic mass is 35.5. The fourth-order valence-electron chi connectivity index (χ4n) is 1.87. The Balaban J connectivity index is 2.33. The predicted octanol–water partition coefficient (Wildman–Crippen LogP) is 3.12. The summed E-state index contributed by atoms with van der Waals surface area (Å²) in [6.07, 6.45) is 0. The van der Waals surface area contributed by atoms with Gasteiger partial charge in [0.05, 0.1) is 12.3 Å². The molecule has 0 saturated heterocycles. The maximum Gasteiger partial charge on any atom is 0.381 e. The van der Waals surface area contributed by atoms with Gasteiger partial charge < -0.3 is 4.74 Å². The lowest BCUT2D eigenvalue weighted by Gasteiger charge is -2.06. The SMILES string of the molecule is CCOC(=O)C(=O)C(=NNc1ccccc1)C(=O)c1ccc(Cl)cc1. The number of ketones is 2. The maximum absolute atomic E-state index is 12.6. The highest BCUT2D eigenvalue weighted by molar-refractivity contribution is 6.80. The summed E-state index contributed by atoms with van der Waals surface area (Å²) in [4.78, 5) is 36.6. The Morgan fingerprint density at radius 1 is 1.04 bits per heavy atom. The minimum atomic E-state index is -1.14. The monoisotopic (exact) mass is 358 g/mol. The molecular formula is C18H15ClN2O4. The van der Waals surface area contributed by atoms with Crippen molar-refractivity contribution >= 4 is 40.5 Å². The molecule has 2 aromatic rings. The van der Waals surface area contributed by atoms with Crippen molar-refractivity contribution in [1.82, 2.24) is 0 Å². The number of Topliss-reactive ketones (excluding diaryl/α,β-unsaturated/α-hetero) is 2. The molecule has 0 unspecified atom stereocenters. The zero-order valence-corrected chi connectivity index (χ0v) is 14.1. The lowest BCUT2D eigenvalue weighted by atomic mass is 10.0. The van der Waals surface area contributed by atoms with E-state index in [1.807, 2.05) is 0 Å². The van der Waals surface area contributed by atoms with Gasteiger partial charge in [0.2, 0.25) is 5.78 Å². The Morgan fingerprint density at radius 3 is 2.28 bits per heavy atom. The number of carbonyl (C=O) groups is 3. The molecular weight excluding hydrogens is 344 g/mol. The average molecular weight is 359 g/mol. The van der Waals surface area contributed by atoms with Crippen LogP contribution in [0.25, 0.3) is 0 Å². The van der Waals surface area contributed by atoms with E-state index >= 15 is 0 Å². The number of nitrogens with one attached hydrogen (secondary N) is 1. The molecule has 0 atom stereocenters. The van der Waals surface area contributed by atoms with Crippen molar-refractivity contribution in [2.45, 2.75) is 6.92 Å². The summed E-state index contributed by atoms with van der Waals surface area (Å²) < 4.78 is 4.67. The second-order valence-corrected chi connectivity index (χ2v) is 5.26. The van der Waals surface area contributed by atoms with E-state index in [1.54, 1.807) is 37.3 Å². The van der Waals surface area contributed by atoms with Gasteiger partial charge >= 0.3 is 5.97 Å². The van der Waals surface area contributed by atoms with E-state index in [2.05, 4.69) is 15.3 Å². The fraction of sp³-hybridized carbons (Fsp3) is 0.111. The summed E-state index contributed by atoms with van der Waals surface area (Å²) in [5.74, 6) is -2.97. The van der Waals surface area contributed by atoms with Crippen molar-refractivity contribution in [2.24, 2.45) is 5.10 Å². The van der Waals surface area contributed by atoms with Gasteiger partial charge in [-0.05, 0) is 43.3 Å². The van der Waals surface area contributed by atoms with Gasteiger partial charge in [0, 0.05) is 10.6 Å². The normalized spacial score (nSPS) is 10.9. The first-order chi connectivity index (χ1) is 12.0. The summed E-state index contributed by atoms with van der Waals surface area (Å²) in [6, 6.07) is 14.6. The lowest BCUT2D eigenvalue weighted by Crippen LogP contribution is -2.33. The number of hydrogen-bond acceptors (Lipinski definition) is 6. The van der Waals surface area contributed by atoms with Crippen molar-refractivity contribution in [2.75, 3.05) is 12.0 Å². The number of anilines is 1. The molecule has 0 spiro atoms. The Morgan fingerprint density at radius 2 is 1.68 bits per heavy atom. The highest BCUT2D eigenvalue weighted by Crippen LogP contribution is 2.12. The third-order valence-corrected chi connectivity index (χ3v) is 3.32. The van der Waals surface area contributed by atoms with Crippen LogP contribution in [-0.4, -0.2) is 29.9 Å². The number of rotatable bonds is 7. The summed E-state index contributed by atoms with van der Waals surface area (Å²) in [5, 5.41) is 4.27. The number of carbonyl (C=O) groups excluding carboxylic acids is 3. The first-order valence-electron chi connectivity index (χ1n) is 7.43. The van der Waals surface area contributed by atoms with Gasteiger partial charge in [-0.25, -0.2) is 4.79 Å². The molecule has 2 aromatic carbocycles. The van der Waals surface area contributed by atoms with Gasteiger partial charge in [-0.1, -0.05) is 29.8 Å². The lowest BCUT2D eigenvalue weighted by molar-refractivity contribution is -0.150. The third-order valence-electron chi connectivity index (χ3n) is 3.07. The Kier molecular flexibility index (Phi) is 6.42. The largest absolute Gasteiger partial charge is 0.460 e. The van der Waals surface area contributed by atoms with Crippen molar-refractivity contribution in [1.29, 1.82) is 0 Å². The van der Waals surface area contributed by atoms with Gasteiger partial charge in [-0.3, -0.25) is 15.0 Å². The minimum Gasteiger partial charge on any atom is -0.460 e. The molecule has 2 rings (SSSR count). The molecule has 0 bridgehead atoms. The quantitative estimate of drug-likeness (QED) is 0.205. The van der Waals surface area contributed by atoms with Crippen LogP contribution in [0.4, 0.5) is 5.69 Å². The summed E-state index contributed by atoms with van der Waals surface area (Å²) in [6.45, 7) is 1.57. The maximum atomic E-state index is 12.6. The molecule has 25 heavy (non-hydrogen) atoms. The van der Waals surface area contributed by atoms with Crippen LogP contribution < -0.4 is 5.43 Å². The van der Waals surface area contributed by atoms with Crippen LogP contribution >= 0.6 is 11.6 Å². The molecule has 0 aliphatic carbocycles. The van der Waals surface area contributed by atoms with Crippen LogP contribution in [0.15, 0.2) is 59.7 Å². The molecule has 128 valence electrons. The zero-order chi connectivity index (χ0) is 18.2. The fourth-order valence-corrected chi connectivity index (χ4v) is 2.00. The number of nitrogens with zero attached hydrogens (tertiary/aromatic N) is 1. The van der Waals surface area contributed by atoms with E-state index in [4.69, 9.17) is 11.6 Å². The van der Waals surface area contributed by atoms with Crippen LogP contribution in [0.3, 0.4) is 0 Å². The minimum absolute atomic E-state index is 0.0130. The number of para-hydroxylation sites is 1. The first kappa shape index (κ1) is 18.4. The van der Waals surface area contributed by atoms with Crippen LogP contribution in [0, 0.1) is 0 Å². The Labute approximate surface area is 149 Å². The van der Waals surface area contributed by atoms with E-state index in [0.717, 1.165) is 0 Å². The number of benzene rings is 2. The van der Waals surface area contributed by atoms with Crippen LogP contribution in [0.5, 0.6) is 0 Å². The predicted molar refractivity (Wildman–Crippen MR) is 94.9 cm³/mol. The second-order valence-electron chi connectivity index (χ2n) is 4.82. The van der Waals surface area contributed by atoms with Gasteiger partial charge in [0.1, 0.15) is 0 Å². The molecule has 0 saturated carbocycles. The number of esters is 1. The summed E-state index contributed by atoms with van der Waals surface area (Å²) in [7, 11) is 0. The van der Waals surface area contributed by atoms with E-state index < -0.39 is 23.2 Å². The van der Waals surface area contributed by atoms with Crippen molar-refractivity contribution in [3.8, 4) is 0 Å². The van der Waals surface area contributed by atoms with E-state index in [0.29, 0.717) is 10.7 Å². The van der Waals surface area contributed by atoms with Gasteiger partial charge in [0.15, 0.2) is 5.71 Å². The molecule has 1 N–H and O–H groups in total. The van der Waals surface area contributed by atoms with Crippen LogP contribution in [0.2, 0.25) is 5.02 Å². The molecule has 6 nitrogen and oxygen atoms in total. The Hall–Kier alpha value is -2.99. The topological polar surface area (TPSA) is 84.8 Å². The van der Waals surface area contributed by atoms with Gasteiger partial charge in [0.25, 0.3) is 5.78 Å². The number of ether oxygens (including phenoxy) is 1. The standard InChI is InChI=1S/C18H15ClN2O4/c1-2-25-18(24)17(23)15(21-20-14-6-4-3-5-7-14)16(22)12-8-10-13(19)11-9-12/h3-11,20H,2H2,1H3. The van der Waals surface area contributed by atoms with Gasteiger partial charge in [-0.2, -0.15) is 5.10 Å². The van der Waals surface area contributed by atoms with Crippen LogP contribution in [-0.2, 0) is 14.3 Å². The average Bonchev–Trinajstić information content (AvgIpc) is 2.63. The molecule has 0 radical (unpaired) electrons. The third kappa shape index (κ3) is 4.99. The Bertz CT molecular complexity index is 802. The molecule has 7 heteroatoms. The smallest absolute Gasteiger partial charge is 0.381 e. The molecule has 0 aliphatic rings.